The summed E-state index contributed by atoms with van der Waals surface area (Å²) in [6, 6.07) is 4.62. The van der Waals surface area contributed by atoms with E-state index in [1.54, 1.807) is 13.8 Å². The Balaban J connectivity index is 1.91. The zero-order valence-electron chi connectivity index (χ0n) is 14.1. The Morgan fingerprint density at radius 1 is 1.12 bits per heavy atom. The highest BCUT2D eigenvalue weighted by atomic mass is 32.2. The molecule has 1 aromatic rings. The number of carbonyl (C=O) groups excluding carboxylic acids is 2. The van der Waals surface area contributed by atoms with E-state index in [9.17, 15) is 22.4 Å². The minimum Gasteiger partial charge on any atom is -0.455 e. The topological polar surface area (TPSA) is 84.0 Å². The molecule has 25 heavy (non-hydrogen) atoms. The molecule has 0 unspecified atom stereocenters. The highest BCUT2D eigenvalue weighted by Gasteiger charge is 2.30. The van der Waals surface area contributed by atoms with Crippen molar-refractivity contribution in [3.05, 3.63) is 30.1 Å². The Bertz CT molecular complexity index is 725. The molecule has 1 aliphatic rings. The van der Waals surface area contributed by atoms with Gasteiger partial charge in [0, 0.05) is 26.2 Å². The SMILES string of the molecule is CC(C)C(=O)OCC(=O)N1CCN(S(=O)(=O)c2ccc(F)cc2)CC1. The van der Waals surface area contributed by atoms with Gasteiger partial charge in [-0.05, 0) is 24.3 Å². The molecule has 1 saturated heterocycles. The van der Waals surface area contributed by atoms with Gasteiger partial charge in [0.05, 0.1) is 10.8 Å². The highest BCUT2D eigenvalue weighted by Crippen LogP contribution is 2.18. The summed E-state index contributed by atoms with van der Waals surface area (Å²) >= 11 is 0. The van der Waals surface area contributed by atoms with Crippen molar-refractivity contribution >= 4 is 21.9 Å². The average Bonchev–Trinajstić information content (AvgIpc) is 2.59. The van der Waals surface area contributed by atoms with Crippen molar-refractivity contribution in [2.45, 2.75) is 18.7 Å². The molecular weight excluding hydrogens is 351 g/mol. The van der Waals surface area contributed by atoms with Crippen molar-refractivity contribution in [1.29, 1.82) is 0 Å². The minimum atomic E-state index is -3.72. The molecule has 7 nitrogen and oxygen atoms in total. The summed E-state index contributed by atoms with van der Waals surface area (Å²) in [5.74, 6) is -1.63. The first kappa shape index (κ1) is 19.3. The number of hydrogen-bond donors (Lipinski definition) is 0. The summed E-state index contributed by atoms with van der Waals surface area (Å²) in [6.45, 7) is 3.67. The van der Waals surface area contributed by atoms with Gasteiger partial charge in [-0.2, -0.15) is 4.31 Å². The van der Waals surface area contributed by atoms with Crippen LogP contribution in [0.1, 0.15) is 13.8 Å². The standard InChI is InChI=1S/C16H21FN2O5S/c1-12(2)16(21)24-11-15(20)18-7-9-19(10-8-18)25(22,23)14-5-3-13(17)4-6-14/h3-6,12H,7-11H2,1-2H3. The smallest absolute Gasteiger partial charge is 0.308 e. The fraction of sp³-hybridized carbons (Fsp3) is 0.500. The van der Waals surface area contributed by atoms with E-state index in [0.29, 0.717) is 0 Å². The quantitative estimate of drug-likeness (QED) is 0.716. The number of hydrogen-bond acceptors (Lipinski definition) is 5. The largest absolute Gasteiger partial charge is 0.455 e. The first-order valence-corrected chi connectivity index (χ1v) is 9.36. The third-order valence-electron chi connectivity index (χ3n) is 3.85. The number of rotatable bonds is 5. The minimum absolute atomic E-state index is 0.0135. The van der Waals surface area contributed by atoms with E-state index in [1.807, 2.05) is 0 Å². The van der Waals surface area contributed by atoms with Crippen LogP contribution < -0.4 is 0 Å². The lowest BCUT2D eigenvalue weighted by Gasteiger charge is -2.33. The molecule has 0 N–H and O–H groups in total. The Kier molecular flexibility index (Phi) is 6.12. The van der Waals surface area contributed by atoms with Crippen LogP contribution in [0.5, 0.6) is 0 Å². The molecule has 1 heterocycles. The van der Waals surface area contributed by atoms with Crippen molar-refractivity contribution in [3.63, 3.8) is 0 Å². The molecule has 0 aromatic heterocycles. The molecule has 0 spiro atoms. The number of carbonyl (C=O) groups is 2. The Morgan fingerprint density at radius 2 is 1.68 bits per heavy atom. The molecule has 138 valence electrons. The first-order valence-electron chi connectivity index (χ1n) is 7.92. The van der Waals surface area contributed by atoms with E-state index >= 15 is 0 Å². The molecule has 1 fully saturated rings. The van der Waals surface area contributed by atoms with Crippen LogP contribution in [0.25, 0.3) is 0 Å². The third-order valence-corrected chi connectivity index (χ3v) is 5.76. The van der Waals surface area contributed by atoms with E-state index in [4.69, 9.17) is 4.74 Å². The zero-order valence-corrected chi connectivity index (χ0v) is 15.0. The third kappa shape index (κ3) is 4.76. The highest BCUT2D eigenvalue weighted by molar-refractivity contribution is 7.89. The number of piperazine rings is 1. The van der Waals surface area contributed by atoms with Gasteiger partial charge in [0.25, 0.3) is 5.91 Å². The van der Waals surface area contributed by atoms with Gasteiger partial charge in [-0.3, -0.25) is 9.59 Å². The summed E-state index contributed by atoms with van der Waals surface area (Å²) in [4.78, 5) is 24.9. The lowest BCUT2D eigenvalue weighted by atomic mass is 10.2. The van der Waals surface area contributed by atoms with Gasteiger partial charge in [0.2, 0.25) is 10.0 Å². The monoisotopic (exact) mass is 372 g/mol. The van der Waals surface area contributed by atoms with Crippen LogP contribution in [0.4, 0.5) is 4.39 Å². The number of halogens is 1. The fourth-order valence-corrected chi connectivity index (χ4v) is 3.75. The van der Waals surface area contributed by atoms with Gasteiger partial charge in [-0.25, -0.2) is 12.8 Å². The molecular formula is C16H21FN2O5S. The van der Waals surface area contributed by atoms with Crippen LogP contribution in [0, 0.1) is 11.7 Å². The lowest BCUT2D eigenvalue weighted by Crippen LogP contribution is -2.51. The van der Waals surface area contributed by atoms with Crippen LogP contribution in [-0.4, -0.2) is 62.3 Å². The van der Waals surface area contributed by atoms with Gasteiger partial charge < -0.3 is 9.64 Å². The van der Waals surface area contributed by atoms with Gasteiger partial charge in [-0.15, -0.1) is 0 Å². The molecule has 9 heteroatoms. The number of ether oxygens (including phenoxy) is 1. The number of benzene rings is 1. The van der Waals surface area contributed by atoms with Crippen molar-refractivity contribution in [1.82, 2.24) is 9.21 Å². The predicted molar refractivity (Wildman–Crippen MR) is 87.5 cm³/mol. The van der Waals surface area contributed by atoms with Crippen LogP contribution in [0.2, 0.25) is 0 Å². The van der Waals surface area contributed by atoms with Crippen molar-refractivity contribution in [2.24, 2.45) is 5.92 Å². The molecule has 2 rings (SSSR count). The van der Waals surface area contributed by atoms with Crippen molar-refractivity contribution in [3.8, 4) is 0 Å². The summed E-state index contributed by atoms with van der Waals surface area (Å²) in [7, 11) is -3.72. The number of nitrogens with zero attached hydrogens (tertiary/aromatic N) is 2. The zero-order chi connectivity index (χ0) is 18.6. The van der Waals surface area contributed by atoms with Gasteiger partial charge in [0.1, 0.15) is 5.82 Å². The Hall–Kier alpha value is -2.00. The number of esters is 1. The second kappa shape index (κ2) is 7.92. The van der Waals surface area contributed by atoms with Crippen LogP contribution >= 0.6 is 0 Å². The second-order valence-electron chi connectivity index (χ2n) is 6.00. The van der Waals surface area contributed by atoms with Crippen molar-refractivity contribution < 1.29 is 27.1 Å². The Labute approximate surface area is 146 Å². The first-order chi connectivity index (χ1) is 11.7. The van der Waals surface area contributed by atoms with Crippen LogP contribution in [0.3, 0.4) is 0 Å². The number of amides is 1. The molecule has 1 aliphatic heterocycles. The van der Waals surface area contributed by atoms with Crippen LogP contribution in [0.15, 0.2) is 29.2 Å². The van der Waals surface area contributed by atoms with E-state index in [-0.39, 0.29) is 49.5 Å². The van der Waals surface area contributed by atoms with Crippen LogP contribution in [-0.2, 0) is 24.3 Å². The second-order valence-corrected chi connectivity index (χ2v) is 7.94. The molecule has 0 atom stereocenters. The molecule has 0 radical (unpaired) electrons. The molecule has 1 aromatic carbocycles. The molecule has 0 aliphatic carbocycles. The maximum Gasteiger partial charge on any atom is 0.308 e. The summed E-state index contributed by atoms with van der Waals surface area (Å²) in [5.41, 5.74) is 0. The normalized spacial score (nSPS) is 16.1. The van der Waals surface area contributed by atoms with E-state index in [2.05, 4.69) is 0 Å². The summed E-state index contributed by atoms with van der Waals surface area (Å²) < 4.78 is 44.1. The number of sulfonamides is 1. The van der Waals surface area contributed by atoms with Crippen molar-refractivity contribution in [2.75, 3.05) is 32.8 Å². The van der Waals surface area contributed by atoms with Gasteiger partial charge in [-0.1, -0.05) is 13.8 Å². The predicted octanol–water partition coefficient (Wildman–Crippen LogP) is 0.858. The van der Waals surface area contributed by atoms with Gasteiger partial charge >= 0.3 is 5.97 Å². The maximum absolute atomic E-state index is 12.9. The Morgan fingerprint density at radius 3 is 2.20 bits per heavy atom. The summed E-state index contributed by atoms with van der Waals surface area (Å²) in [6.07, 6.45) is 0. The molecule has 1 amide bonds. The van der Waals surface area contributed by atoms with E-state index < -0.39 is 21.8 Å². The van der Waals surface area contributed by atoms with E-state index in [1.165, 1.54) is 21.3 Å². The summed E-state index contributed by atoms with van der Waals surface area (Å²) in [5, 5.41) is 0. The fourth-order valence-electron chi connectivity index (χ4n) is 2.32. The van der Waals surface area contributed by atoms with E-state index in [0.717, 1.165) is 12.1 Å². The maximum atomic E-state index is 12.9. The molecule has 0 bridgehead atoms. The average molecular weight is 372 g/mol. The van der Waals surface area contributed by atoms with Gasteiger partial charge in [0.15, 0.2) is 6.61 Å². The lowest BCUT2D eigenvalue weighted by molar-refractivity contribution is -0.155. The molecule has 0 saturated carbocycles.